The fourth-order valence-corrected chi connectivity index (χ4v) is 2.15. The number of methoxy groups -OCH3 is 2. The SMILES string of the molecule is CCO/N=C1\COCc2ccc(/C(=C\OC)C(=O)OC)cc21. The molecule has 0 unspecified atom stereocenters. The van der Waals surface area contributed by atoms with Crippen LogP contribution < -0.4 is 0 Å². The van der Waals surface area contributed by atoms with Crippen LogP contribution >= 0.6 is 0 Å². The summed E-state index contributed by atoms with van der Waals surface area (Å²) in [7, 11) is 2.82. The summed E-state index contributed by atoms with van der Waals surface area (Å²) in [4.78, 5) is 17.0. The number of rotatable bonds is 5. The van der Waals surface area contributed by atoms with Gasteiger partial charge in [-0.2, -0.15) is 0 Å². The van der Waals surface area contributed by atoms with Gasteiger partial charge in [0.25, 0.3) is 0 Å². The van der Waals surface area contributed by atoms with E-state index in [-0.39, 0.29) is 0 Å². The molecule has 0 aliphatic carbocycles. The largest absolute Gasteiger partial charge is 0.503 e. The first kappa shape index (κ1) is 16.0. The Morgan fingerprint density at radius 3 is 2.86 bits per heavy atom. The molecule has 6 nitrogen and oxygen atoms in total. The second-order valence-electron chi connectivity index (χ2n) is 4.58. The van der Waals surface area contributed by atoms with Crippen LogP contribution in [0.5, 0.6) is 0 Å². The number of oxime groups is 1. The van der Waals surface area contributed by atoms with Crippen molar-refractivity contribution < 1.29 is 23.8 Å². The van der Waals surface area contributed by atoms with E-state index in [0.717, 1.165) is 11.1 Å². The Morgan fingerprint density at radius 2 is 2.18 bits per heavy atom. The molecule has 0 spiro atoms. The number of hydrogen-bond donors (Lipinski definition) is 0. The average molecular weight is 305 g/mol. The lowest BCUT2D eigenvalue weighted by molar-refractivity contribution is -0.133. The normalized spacial score (nSPS) is 16.1. The average Bonchev–Trinajstić information content (AvgIpc) is 2.56. The maximum absolute atomic E-state index is 11.9. The van der Waals surface area contributed by atoms with Gasteiger partial charge in [0.2, 0.25) is 0 Å². The van der Waals surface area contributed by atoms with Crippen LogP contribution in [0.1, 0.15) is 23.6 Å². The Bertz CT molecular complexity index is 607. The maximum Gasteiger partial charge on any atom is 0.341 e. The topological polar surface area (TPSA) is 66.3 Å². The number of carbonyl (C=O) groups is 1. The van der Waals surface area contributed by atoms with Gasteiger partial charge >= 0.3 is 5.97 Å². The number of ether oxygens (including phenoxy) is 3. The maximum atomic E-state index is 11.9. The van der Waals surface area contributed by atoms with Crippen molar-refractivity contribution >= 4 is 17.3 Å². The van der Waals surface area contributed by atoms with E-state index in [1.54, 1.807) is 0 Å². The van der Waals surface area contributed by atoms with E-state index < -0.39 is 5.97 Å². The van der Waals surface area contributed by atoms with Gasteiger partial charge in [-0.1, -0.05) is 17.3 Å². The molecule has 1 heterocycles. The molecule has 1 aromatic carbocycles. The van der Waals surface area contributed by atoms with Gasteiger partial charge < -0.3 is 19.0 Å². The molecule has 1 aliphatic rings. The molecule has 0 amide bonds. The fourth-order valence-electron chi connectivity index (χ4n) is 2.15. The number of nitrogens with zero attached hydrogens (tertiary/aromatic N) is 1. The summed E-state index contributed by atoms with van der Waals surface area (Å²) < 4.78 is 15.2. The monoisotopic (exact) mass is 305 g/mol. The second kappa shape index (κ2) is 7.61. The Kier molecular flexibility index (Phi) is 5.55. The van der Waals surface area contributed by atoms with E-state index in [2.05, 4.69) is 5.16 Å². The molecule has 0 bridgehead atoms. The zero-order chi connectivity index (χ0) is 15.9. The van der Waals surface area contributed by atoms with Crippen LogP contribution in [-0.2, 0) is 30.4 Å². The predicted molar refractivity (Wildman–Crippen MR) is 81.3 cm³/mol. The van der Waals surface area contributed by atoms with Crippen molar-refractivity contribution in [3.05, 3.63) is 41.2 Å². The fraction of sp³-hybridized carbons (Fsp3) is 0.375. The van der Waals surface area contributed by atoms with Crippen molar-refractivity contribution in [1.29, 1.82) is 0 Å². The predicted octanol–water partition coefficient (Wildman–Crippen LogP) is 2.12. The highest BCUT2D eigenvalue weighted by Gasteiger charge is 2.20. The minimum atomic E-state index is -0.461. The smallest absolute Gasteiger partial charge is 0.341 e. The first-order valence-electron chi connectivity index (χ1n) is 6.92. The summed E-state index contributed by atoms with van der Waals surface area (Å²) in [5.41, 5.74) is 3.64. The van der Waals surface area contributed by atoms with Crippen LogP contribution in [0.4, 0.5) is 0 Å². The number of carbonyl (C=O) groups excluding carboxylic acids is 1. The summed E-state index contributed by atoms with van der Waals surface area (Å²) in [6.45, 7) is 3.22. The van der Waals surface area contributed by atoms with E-state index in [0.29, 0.717) is 36.7 Å². The minimum Gasteiger partial charge on any atom is -0.503 e. The Hall–Kier alpha value is -2.34. The number of hydrogen-bond acceptors (Lipinski definition) is 6. The van der Waals surface area contributed by atoms with Crippen LogP contribution in [0.3, 0.4) is 0 Å². The highest BCUT2D eigenvalue weighted by Crippen LogP contribution is 2.24. The lowest BCUT2D eigenvalue weighted by Crippen LogP contribution is -2.20. The lowest BCUT2D eigenvalue weighted by Gasteiger charge is -2.19. The molecule has 0 aromatic heterocycles. The van der Waals surface area contributed by atoms with Gasteiger partial charge in [-0.05, 0) is 24.1 Å². The van der Waals surface area contributed by atoms with Crippen LogP contribution in [0, 0.1) is 0 Å². The molecule has 0 saturated heterocycles. The molecule has 0 saturated carbocycles. The van der Waals surface area contributed by atoms with Crippen molar-refractivity contribution in [2.45, 2.75) is 13.5 Å². The van der Waals surface area contributed by atoms with E-state index >= 15 is 0 Å². The Balaban J connectivity index is 2.44. The van der Waals surface area contributed by atoms with Crippen LogP contribution in [0.25, 0.3) is 5.57 Å². The highest BCUT2D eigenvalue weighted by atomic mass is 16.6. The molecule has 1 aliphatic heterocycles. The molecule has 118 valence electrons. The van der Waals surface area contributed by atoms with Crippen molar-refractivity contribution in [2.24, 2.45) is 5.16 Å². The van der Waals surface area contributed by atoms with Crippen LogP contribution in [0.15, 0.2) is 29.6 Å². The van der Waals surface area contributed by atoms with Crippen molar-refractivity contribution in [3.8, 4) is 0 Å². The second-order valence-corrected chi connectivity index (χ2v) is 4.58. The molecule has 0 radical (unpaired) electrons. The lowest BCUT2D eigenvalue weighted by atomic mass is 9.96. The van der Waals surface area contributed by atoms with Gasteiger partial charge in [-0.25, -0.2) is 4.79 Å². The summed E-state index contributed by atoms with van der Waals surface area (Å²) in [6, 6.07) is 5.60. The number of esters is 1. The molecule has 1 aromatic rings. The molecule has 0 fully saturated rings. The Labute approximate surface area is 129 Å². The third-order valence-corrected chi connectivity index (χ3v) is 3.17. The quantitative estimate of drug-likeness (QED) is 0.361. The highest BCUT2D eigenvalue weighted by molar-refractivity contribution is 6.16. The third kappa shape index (κ3) is 3.46. The Morgan fingerprint density at radius 1 is 1.36 bits per heavy atom. The van der Waals surface area contributed by atoms with Crippen LogP contribution in [-0.4, -0.2) is 39.1 Å². The summed E-state index contributed by atoms with van der Waals surface area (Å²) >= 11 is 0. The molecule has 0 N–H and O–H groups in total. The van der Waals surface area contributed by atoms with Crippen molar-refractivity contribution in [3.63, 3.8) is 0 Å². The molecule has 2 rings (SSSR count). The van der Waals surface area contributed by atoms with Gasteiger partial charge in [-0.3, -0.25) is 0 Å². The summed E-state index contributed by atoms with van der Waals surface area (Å²) in [6.07, 6.45) is 1.37. The van der Waals surface area contributed by atoms with E-state index in [4.69, 9.17) is 19.0 Å². The van der Waals surface area contributed by atoms with Gasteiger partial charge in [0, 0.05) is 5.56 Å². The van der Waals surface area contributed by atoms with E-state index in [1.165, 1.54) is 20.5 Å². The summed E-state index contributed by atoms with van der Waals surface area (Å²) in [5.74, 6) is -0.461. The van der Waals surface area contributed by atoms with Crippen molar-refractivity contribution in [1.82, 2.24) is 0 Å². The van der Waals surface area contributed by atoms with Gasteiger partial charge in [-0.15, -0.1) is 0 Å². The summed E-state index contributed by atoms with van der Waals surface area (Å²) in [5, 5.41) is 4.08. The zero-order valence-corrected chi connectivity index (χ0v) is 12.9. The van der Waals surface area contributed by atoms with Crippen LogP contribution in [0.2, 0.25) is 0 Å². The van der Waals surface area contributed by atoms with Gasteiger partial charge in [0.05, 0.1) is 33.7 Å². The van der Waals surface area contributed by atoms with Gasteiger partial charge in [0.1, 0.15) is 17.9 Å². The first-order valence-corrected chi connectivity index (χ1v) is 6.92. The molecule has 0 atom stereocenters. The minimum absolute atomic E-state index is 0.343. The third-order valence-electron chi connectivity index (χ3n) is 3.17. The molecule has 6 heteroatoms. The molecule has 22 heavy (non-hydrogen) atoms. The molecular formula is C16H19NO5. The van der Waals surface area contributed by atoms with E-state index in [1.807, 2.05) is 25.1 Å². The molecular weight excluding hydrogens is 286 g/mol. The number of benzene rings is 1. The van der Waals surface area contributed by atoms with Gasteiger partial charge in [0.15, 0.2) is 0 Å². The number of fused-ring (bicyclic) bond motifs is 1. The van der Waals surface area contributed by atoms with Crippen molar-refractivity contribution in [2.75, 3.05) is 27.4 Å². The zero-order valence-electron chi connectivity index (χ0n) is 12.9. The standard InChI is InChI=1S/C16H19NO5/c1-4-22-17-15-10-21-8-12-6-5-11(7-13(12)15)14(9-19-2)16(18)20-3/h5-7,9H,4,8,10H2,1-3H3/b14-9+,17-15+. The first-order chi connectivity index (χ1) is 10.7. The van der Waals surface area contributed by atoms with E-state index in [9.17, 15) is 4.79 Å².